The van der Waals surface area contributed by atoms with Crippen molar-refractivity contribution in [2.75, 3.05) is 12.3 Å². The first kappa shape index (κ1) is 13.0. The van der Waals surface area contributed by atoms with Crippen LogP contribution >= 0.6 is 0 Å². The molecular weight excluding hydrogens is 210 g/mol. The van der Waals surface area contributed by atoms with E-state index < -0.39 is 14.6 Å². The van der Waals surface area contributed by atoms with Crippen LogP contribution in [-0.4, -0.2) is 25.5 Å². The minimum absolute atomic E-state index is 0.137. The molecule has 1 aliphatic carbocycles. The highest BCUT2D eigenvalue weighted by Crippen LogP contribution is 2.43. The number of nitrogens with two attached hydrogens (primary N) is 1. The molecule has 1 aliphatic rings. The summed E-state index contributed by atoms with van der Waals surface area (Å²) >= 11 is 0. The summed E-state index contributed by atoms with van der Waals surface area (Å²) in [6, 6.07) is 0. The molecule has 0 radical (unpaired) electrons. The first-order valence-electron chi connectivity index (χ1n) is 5.65. The molecule has 0 heterocycles. The van der Waals surface area contributed by atoms with E-state index in [0.29, 0.717) is 6.54 Å². The minimum Gasteiger partial charge on any atom is -0.330 e. The molecule has 90 valence electrons. The van der Waals surface area contributed by atoms with E-state index in [4.69, 9.17) is 5.73 Å². The fraction of sp³-hybridized carbons (Fsp3) is 1.00. The third-order valence-corrected chi connectivity index (χ3v) is 6.29. The second-order valence-corrected chi connectivity index (χ2v) is 8.60. The molecule has 3 nitrogen and oxygen atoms in total. The lowest BCUT2D eigenvalue weighted by Gasteiger charge is -2.41. The molecule has 0 bridgehead atoms. The van der Waals surface area contributed by atoms with Crippen LogP contribution in [0.5, 0.6) is 0 Å². The SMILES string of the molecule is CC(C)(C)S(=O)(=O)CCC1(CN)CCC1. The van der Waals surface area contributed by atoms with Crippen molar-refractivity contribution in [2.24, 2.45) is 11.1 Å². The van der Waals surface area contributed by atoms with E-state index in [9.17, 15) is 8.42 Å². The molecule has 1 fully saturated rings. The molecule has 0 amide bonds. The molecule has 0 aromatic rings. The van der Waals surface area contributed by atoms with Gasteiger partial charge in [-0.3, -0.25) is 0 Å². The number of hydrogen-bond acceptors (Lipinski definition) is 3. The van der Waals surface area contributed by atoms with Gasteiger partial charge in [0.2, 0.25) is 0 Å². The first-order valence-corrected chi connectivity index (χ1v) is 7.30. The van der Waals surface area contributed by atoms with E-state index in [-0.39, 0.29) is 11.2 Å². The van der Waals surface area contributed by atoms with Gasteiger partial charge in [-0.2, -0.15) is 0 Å². The Morgan fingerprint density at radius 1 is 1.27 bits per heavy atom. The van der Waals surface area contributed by atoms with E-state index in [1.807, 2.05) is 0 Å². The summed E-state index contributed by atoms with van der Waals surface area (Å²) in [6.07, 6.45) is 4.14. The summed E-state index contributed by atoms with van der Waals surface area (Å²) in [7, 11) is -2.97. The van der Waals surface area contributed by atoms with E-state index >= 15 is 0 Å². The molecule has 0 atom stereocenters. The van der Waals surface area contributed by atoms with Crippen LogP contribution in [0, 0.1) is 5.41 Å². The fourth-order valence-electron chi connectivity index (χ4n) is 1.89. The molecule has 4 heteroatoms. The van der Waals surface area contributed by atoms with Crippen molar-refractivity contribution >= 4 is 9.84 Å². The summed E-state index contributed by atoms with van der Waals surface area (Å²) in [6.45, 7) is 5.92. The topological polar surface area (TPSA) is 60.2 Å². The van der Waals surface area contributed by atoms with Crippen LogP contribution < -0.4 is 5.73 Å². The van der Waals surface area contributed by atoms with E-state index in [1.165, 1.54) is 6.42 Å². The highest BCUT2D eigenvalue weighted by atomic mass is 32.2. The van der Waals surface area contributed by atoms with E-state index in [0.717, 1.165) is 19.3 Å². The third kappa shape index (κ3) is 2.72. The summed E-state index contributed by atoms with van der Waals surface area (Å²) in [5.41, 5.74) is 5.85. The Kier molecular flexibility index (Phi) is 3.51. The quantitative estimate of drug-likeness (QED) is 0.804. The van der Waals surface area contributed by atoms with E-state index in [2.05, 4.69) is 0 Å². The van der Waals surface area contributed by atoms with Gasteiger partial charge in [0.1, 0.15) is 0 Å². The molecule has 0 unspecified atom stereocenters. The van der Waals surface area contributed by atoms with Crippen molar-refractivity contribution in [3.63, 3.8) is 0 Å². The molecule has 0 aliphatic heterocycles. The van der Waals surface area contributed by atoms with Crippen LogP contribution in [0.15, 0.2) is 0 Å². The Bertz CT molecular complexity index is 304. The Labute approximate surface area is 93.3 Å². The summed E-state index contributed by atoms with van der Waals surface area (Å²) in [4.78, 5) is 0. The summed E-state index contributed by atoms with van der Waals surface area (Å²) in [5, 5.41) is 0. The van der Waals surface area contributed by atoms with Crippen LogP contribution in [0.3, 0.4) is 0 Å². The Morgan fingerprint density at radius 3 is 2.07 bits per heavy atom. The lowest BCUT2D eigenvalue weighted by molar-refractivity contribution is 0.139. The molecule has 15 heavy (non-hydrogen) atoms. The molecule has 0 saturated heterocycles. The van der Waals surface area contributed by atoms with Crippen LogP contribution in [0.25, 0.3) is 0 Å². The Hall–Kier alpha value is -0.0900. The van der Waals surface area contributed by atoms with Gasteiger partial charge in [0, 0.05) is 0 Å². The zero-order valence-corrected chi connectivity index (χ0v) is 10.9. The second-order valence-electron chi connectivity index (χ2n) is 5.74. The zero-order chi connectivity index (χ0) is 11.7. The van der Waals surface area contributed by atoms with Crippen molar-refractivity contribution in [2.45, 2.75) is 51.2 Å². The number of rotatable bonds is 4. The predicted octanol–water partition coefficient (Wildman–Crippen LogP) is 1.72. The molecular formula is C11H23NO2S. The summed E-state index contributed by atoms with van der Waals surface area (Å²) in [5.74, 6) is 0.285. The van der Waals surface area contributed by atoms with Crippen molar-refractivity contribution in [1.82, 2.24) is 0 Å². The smallest absolute Gasteiger partial charge is 0.155 e. The first-order chi connectivity index (χ1) is 6.72. The highest BCUT2D eigenvalue weighted by molar-refractivity contribution is 7.92. The maximum atomic E-state index is 11.9. The van der Waals surface area contributed by atoms with Crippen molar-refractivity contribution < 1.29 is 8.42 Å². The monoisotopic (exact) mass is 233 g/mol. The zero-order valence-electron chi connectivity index (χ0n) is 10.0. The molecule has 0 spiro atoms. The van der Waals surface area contributed by atoms with Gasteiger partial charge in [0.05, 0.1) is 10.5 Å². The van der Waals surface area contributed by atoms with Crippen molar-refractivity contribution in [3.8, 4) is 0 Å². The molecule has 2 N–H and O–H groups in total. The highest BCUT2D eigenvalue weighted by Gasteiger charge is 2.38. The van der Waals surface area contributed by atoms with E-state index in [1.54, 1.807) is 20.8 Å². The predicted molar refractivity (Wildman–Crippen MR) is 63.5 cm³/mol. The standard InChI is InChI=1S/C11H23NO2S/c1-10(2,3)15(13,14)8-7-11(9-12)5-4-6-11/h4-9,12H2,1-3H3. The van der Waals surface area contributed by atoms with Gasteiger partial charge in [0.25, 0.3) is 0 Å². The average molecular weight is 233 g/mol. The minimum atomic E-state index is -2.97. The van der Waals surface area contributed by atoms with Crippen LogP contribution in [0.2, 0.25) is 0 Å². The fourth-order valence-corrected chi connectivity index (χ4v) is 3.20. The third-order valence-electron chi connectivity index (χ3n) is 3.68. The largest absolute Gasteiger partial charge is 0.330 e. The molecule has 0 aromatic carbocycles. The number of sulfone groups is 1. The Morgan fingerprint density at radius 2 is 1.80 bits per heavy atom. The molecule has 1 rings (SSSR count). The van der Waals surface area contributed by atoms with Gasteiger partial charge >= 0.3 is 0 Å². The maximum Gasteiger partial charge on any atom is 0.155 e. The van der Waals surface area contributed by atoms with Gasteiger partial charge in [-0.15, -0.1) is 0 Å². The van der Waals surface area contributed by atoms with Gasteiger partial charge in [-0.1, -0.05) is 6.42 Å². The summed E-state index contributed by atoms with van der Waals surface area (Å²) < 4.78 is 23.2. The van der Waals surface area contributed by atoms with Crippen molar-refractivity contribution in [3.05, 3.63) is 0 Å². The molecule has 0 aromatic heterocycles. The Balaban J connectivity index is 2.57. The van der Waals surface area contributed by atoms with Gasteiger partial charge in [-0.05, 0) is 52.0 Å². The maximum absolute atomic E-state index is 11.9. The van der Waals surface area contributed by atoms with Gasteiger partial charge in [-0.25, -0.2) is 8.42 Å². The lowest BCUT2D eigenvalue weighted by Crippen LogP contribution is -2.40. The second kappa shape index (κ2) is 4.06. The van der Waals surface area contributed by atoms with Crippen LogP contribution in [-0.2, 0) is 9.84 Å². The lowest BCUT2D eigenvalue weighted by atomic mass is 9.67. The van der Waals surface area contributed by atoms with Crippen molar-refractivity contribution in [1.29, 1.82) is 0 Å². The van der Waals surface area contributed by atoms with Crippen LogP contribution in [0.4, 0.5) is 0 Å². The van der Waals surface area contributed by atoms with Gasteiger partial charge in [0.15, 0.2) is 9.84 Å². The van der Waals surface area contributed by atoms with Gasteiger partial charge < -0.3 is 5.73 Å². The average Bonchev–Trinajstić information content (AvgIpc) is 2.00. The van der Waals surface area contributed by atoms with Crippen LogP contribution in [0.1, 0.15) is 46.5 Å². The number of hydrogen-bond donors (Lipinski definition) is 1. The molecule has 1 saturated carbocycles. The normalized spacial score (nSPS) is 21.1.